The van der Waals surface area contributed by atoms with Gasteiger partial charge in [-0.3, -0.25) is 14.5 Å². The summed E-state index contributed by atoms with van der Waals surface area (Å²) in [7, 11) is 0. The summed E-state index contributed by atoms with van der Waals surface area (Å²) in [5.74, 6) is -0.00342. The number of nitrogens with zero attached hydrogens (tertiary/aromatic N) is 1. The van der Waals surface area contributed by atoms with E-state index in [-0.39, 0.29) is 18.2 Å². The first kappa shape index (κ1) is 16.5. The molecular weight excluding hydrogens is 282 g/mol. The van der Waals surface area contributed by atoms with E-state index in [1.165, 1.54) is 6.92 Å². The lowest BCUT2D eigenvalue weighted by molar-refractivity contribution is -0.119. The molecule has 0 atom stereocenters. The van der Waals surface area contributed by atoms with Gasteiger partial charge in [-0.15, -0.1) is 0 Å². The molecule has 0 spiro atoms. The predicted octanol–water partition coefficient (Wildman–Crippen LogP) is 0.750. The van der Waals surface area contributed by atoms with E-state index in [4.69, 9.17) is 4.74 Å². The molecule has 1 heterocycles. The summed E-state index contributed by atoms with van der Waals surface area (Å²) in [4.78, 5) is 25.2. The Hall–Kier alpha value is -1.92. The van der Waals surface area contributed by atoms with Crippen molar-refractivity contribution >= 4 is 17.4 Å². The van der Waals surface area contributed by atoms with E-state index in [0.717, 1.165) is 38.5 Å². The topological polar surface area (TPSA) is 70.7 Å². The zero-order valence-corrected chi connectivity index (χ0v) is 12.9. The molecule has 0 aromatic heterocycles. The molecule has 1 aliphatic heterocycles. The van der Waals surface area contributed by atoms with Gasteiger partial charge in [-0.05, 0) is 31.2 Å². The van der Waals surface area contributed by atoms with Crippen molar-refractivity contribution in [2.75, 3.05) is 51.3 Å². The van der Waals surface area contributed by atoms with Gasteiger partial charge in [-0.25, -0.2) is 0 Å². The third-order valence-corrected chi connectivity index (χ3v) is 3.60. The Morgan fingerprint density at radius 3 is 2.50 bits per heavy atom. The third-order valence-electron chi connectivity index (χ3n) is 3.60. The normalized spacial score (nSPS) is 15.3. The Balaban J connectivity index is 1.63. The summed E-state index contributed by atoms with van der Waals surface area (Å²) in [6.45, 7) is 6.64. The van der Waals surface area contributed by atoms with Crippen LogP contribution in [0, 0.1) is 0 Å². The molecule has 6 nitrogen and oxygen atoms in total. The predicted molar refractivity (Wildman–Crippen MR) is 85.2 cm³/mol. The Kier molecular flexibility index (Phi) is 6.36. The van der Waals surface area contributed by atoms with Crippen molar-refractivity contribution in [2.45, 2.75) is 6.92 Å². The molecule has 1 fully saturated rings. The van der Waals surface area contributed by atoms with Crippen molar-refractivity contribution < 1.29 is 14.3 Å². The van der Waals surface area contributed by atoms with Gasteiger partial charge in [0.05, 0.1) is 19.8 Å². The summed E-state index contributed by atoms with van der Waals surface area (Å²) in [5.41, 5.74) is 1.49. The summed E-state index contributed by atoms with van der Waals surface area (Å²) >= 11 is 0. The van der Waals surface area contributed by atoms with Gasteiger partial charge in [0.1, 0.15) is 0 Å². The van der Waals surface area contributed by atoms with Crippen LogP contribution in [-0.4, -0.2) is 62.5 Å². The van der Waals surface area contributed by atoms with Gasteiger partial charge in [0, 0.05) is 37.4 Å². The second kappa shape index (κ2) is 8.51. The number of carbonyl (C=O) groups is 2. The van der Waals surface area contributed by atoms with Gasteiger partial charge >= 0.3 is 0 Å². The van der Waals surface area contributed by atoms with Crippen molar-refractivity contribution in [1.29, 1.82) is 0 Å². The summed E-state index contributed by atoms with van der Waals surface area (Å²) in [6, 6.07) is 7.11. The van der Waals surface area contributed by atoms with E-state index >= 15 is 0 Å². The van der Waals surface area contributed by atoms with Crippen LogP contribution < -0.4 is 10.6 Å². The molecule has 2 N–H and O–H groups in total. The van der Waals surface area contributed by atoms with Crippen molar-refractivity contribution in [2.24, 2.45) is 0 Å². The van der Waals surface area contributed by atoms with Crippen LogP contribution in [0.5, 0.6) is 0 Å². The van der Waals surface area contributed by atoms with Crippen molar-refractivity contribution in [1.82, 2.24) is 10.2 Å². The standard InChI is InChI=1S/C16H23N3O3/c1-13(20)14-2-4-15(5-3-14)18-12-16(21)17-6-7-19-8-10-22-11-9-19/h2-5,18H,6-12H2,1H3,(H,17,21). The number of rotatable bonds is 7. The number of hydrogen-bond acceptors (Lipinski definition) is 5. The van der Waals surface area contributed by atoms with Crippen molar-refractivity contribution in [3.05, 3.63) is 29.8 Å². The zero-order valence-electron chi connectivity index (χ0n) is 12.9. The maximum absolute atomic E-state index is 11.8. The Morgan fingerprint density at radius 1 is 1.18 bits per heavy atom. The monoisotopic (exact) mass is 305 g/mol. The summed E-state index contributed by atoms with van der Waals surface area (Å²) < 4.78 is 5.28. The van der Waals surface area contributed by atoms with E-state index in [1.54, 1.807) is 24.3 Å². The van der Waals surface area contributed by atoms with Crippen LogP contribution in [0.3, 0.4) is 0 Å². The highest BCUT2D eigenvalue weighted by molar-refractivity contribution is 5.94. The molecule has 0 radical (unpaired) electrons. The summed E-state index contributed by atoms with van der Waals surface area (Å²) in [6.07, 6.45) is 0. The molecule has 22 heavy (non-hydrogen) atoms. The largest absolute Gasteiger partial charge is 0.379 e. The number of anilines is 1. The first-order valence-electron chi connectivity index (χ1n) is 7.57. The van der Waals surface area contributed by atoms with Gasteiger partial charge in [0.2, 0.25) is 5.91 Å². The van der Waals surface area contributed by atoms with Crippen LogP contribution in [-0.2, 0) is 9.53 Å². The van der Waals surface area contributed by atoms with Crippen LogP contribution in [0.1, 0.15) is 17.3 Å². The number of ether oxygens (including phenoxy) is 1. The molecule has 120 valence electrons. The molecule has 1 aliphatic rings. The fourth-order valence-corrected chi connectivity index (χ4v) is 2.25. The quantitative estimate of drug-likeness (QED) is 0.728. The number of Topliss-reactive ketones (excluding diaryl/α,β-unsaturated/α-hetero) is 1. The maximum Gasteiger partial charge on any atom is 0.239 e. The number of nitrogens with one attached hydrogen (secondary N) is 2. The molecule has 0 unspecified atom stereocenters. The van der Waals surface area contributed by atoms with Crippen molar-refractivity contribution in [3.8, 4) is 0 Å². The smallest absolute Gasteiger partial charge is 0.239 e. The highest BCUT2D eigenvalue weighted by atomic mass is 16.5. The van der Waals surface area contributed by atoms with Crippen LogP contribution >= 0.6 is 0 Å². The minimum atomic E-state index is -0.0381. The van der Waals surface area contributed by atoms with Crippen LogP contribution in [0.4, 0.5) is 5.69 Å². The van der Waals surface area contributed by atoms with Crippen molar-refractivity contribution in [3.63, 3.8) is 0 Å². The fraction of sp³-hybridized carbons (Fsp3) is 0.500. The molecule has 0 bridgehead atoms. The highest BCUT2D eigenvalue weighted by Gasteiger charge is 2.10. The molecular formula is C16H23N3O3. The van der Waals surface area contributed by atoms with E-state index < -0.39 is 0 Å². The average Bonchev–Trinajstić information content (AvgIpc) is 2.54. The molecule has 0 saturated carbocycles. The van der Waals surface area contributed by atoms with Gasteiger partial charge in [-0.2, -0.15) is 0 Å². The summed E-state index contributed by atoms with van der Waals surface area (Å²) in [5, 5.41) is 5.93. The van der Waals surface area contributed by atoms with Gasteiger partial charge in [0.25, 0.3) is 0 Å². The maximum atomic E-state index is 11.8. The van der Waals surface area contributed by atoms with Crippen LogP contribution in [0.15, 0.2) is 24.3 Å². The second-order valence-corrected chi connectivity index (χ2v) is 5.29. The number of hydrogen-bond donors (Lipinski definition) is 2. The molecule has 1 saturated heterocycles. The molecule has 0 aliphatic carbocycles. The zero-order chi connectivity index (χ0) is 15.8. The second-order valence-electron chi connectivity index (χ2n) is 5.29. The van der Waals surface area contributed by atoms with E-state index in [0.29, 0.717) is 12.1 Å². The number of amides is 1. The molecule has 1 aromatic rings. The average molecular weight is 305 g/mol. The Bertz CT molecular complexity index is 496. The lowest BCUT2D eigenvalue weighted by Gasteiger charge is -2.26. The molecule has 1 aromatic carbocycles. The first-order chi connectivity index (χ1) is 10.6. The molecule has 1 amide bonds. The lowest BCUT2D eigenvalue weighted by Crippen LogP contribution is -2.42. The Morgan fingerprint density at radius 2 is 1.86 bits per heavy atom. The van der Waals surface area contributed by atoms with Gasteiger partial charge in [-0.1, -0.05) is 0 Å². The number of benzene rings is 1. The minimum Gasteiger partial charge on any atom is -0.379 e. The minimum absolute atomic E-state index is 0.0346. The number of morpholine rings is 1. The third kappa shape index (κ3) is 5.46. The highest BCUT2D eigenvalue weighted by Crippen LogP contribution is 2.09. The Labute approximate surface area is 130 Å². The fourth-order valence-electron chi connectivity index (χ4n) is 2.25. The molecule has 6 heteroatoms. The van der Waals surface area contributed by atoms with E-state index in [9.17, 15) is 9.59 Å². The van der Waals surface area contributed by atoms with Gasteiger partial charge < -0.3 is 15.4 Å². The van der Waals surface area contributed by atoms with Crippen LogP contribution in [0.25, 0.3) is 0 Å². The van der Waals surface area contributed by atoms with E-state index in [2.05, 4.69) is 15.5 Å². The first-order valence-corrected chi connectivity index (χ1v) is 7.57. The number of carbonyl (C=O) groups excluding carboxylic acids is 2. The van der Waals surface area contributed by atoms with Crippen LogP contribution in [0.2, 0.25) is 0 Å². The molecule has 2 rings (SSSR count). The van der Waals surface area contributed by atoms with E-state index in [1.807, 2.05) is 0 Å². The van der Waals surface area contributed by atoms with Gasteiger partial charge in [0.15, 0.2) is 5.78 Å². The SMILES string of the molecule is CC(=O)c1ccc(NCC(=O)NCCN2CCOCC2)cc1. The lowest BCUT2D eigenvalue weighted by atomic mass is 10.1. The number of ketones is 1.